The Bertz CT molecular complexity index is 7140. The van der Waals surface area contributed by atoms with E-state index in [1.54, 1.807) is 37.1 Å². The first-order chi connectivity index (χ1) is 64.8. The van der Waals surface area contributed by atoms with Crippen LogP contribution in [0.15, 0.2) is 47.9 Å². The number of aryl methyl sites for hydroxylation is 15. The molecule has 35 heteroatoms. The molecule has 10 rings (SSSR count). The molecule has 10 heterocycles. The summed E-state index contributed by atoms with van der Waals surface area (Å²) in [7, 11) is 8.87. The summed E-state index contributed by atoms with van der Waals surface area (Å²) in [5, 5.41) is 48.8. The van der Waals surface area contributed by atoms with Crippen LogP contribution in [0.2, 0.25) is 0 Å². The van der Waals surface area contributed by atoms with Crippen molar-refractivity contribution >= 4 is 55.8 Å². The number of imidazole rings is 5. The van der Waals surface area contributed by atoms with Gasteiger partial charge in [0.1, 0.15) is 29.1 Å². The standard InChI is InChI=1S/5C14H22N4O3/c5*1-9(19)7-5-6-8-18-13(20)11-12(17(4)14(18)21)15-10(2)16(11)3/h5*9,19H,5-8H2,1-4H3/t5*9-/m00000/s1/i1D3,3D3,4D3,7D2,9D;1D3,3D3,7D2,9D;1D3,7D2,9D;1D3,3D3,7D2;1D3,7D2. The van der Waals surface area contributed by atoms with Crippen LogP contribution in [-0.2, 0) is 103 Å². The Morgan fingerprint density at radius 2 is 0.495 bits per heavy atom. The zero-order chi connectivity index (χ0) is 113. The molecule has 0 unspecified atom stereocenters. The van der Waals surface area contributed by atoms with Crippen molar-refractivity contribution in [3.63, 3.8) is 0 Å². The van der Waals surface area contributed by atoms with Crippen molar-refractivity contribution in [3.05, 3.63) is 133 Å². The second kappa shape index (κ2) is 36.5. The molecule has 10 aromatic heterocycles. The third-order valence-corrected chi connectivity index (χ3v) is 16.2. The van der Waals surface area contributed by atoms with E-state index in [-0.39, 0.29) is 125 Å². The second-order valence-electron chi connectivity index (χ2n) is 23.4. The molecule has 0 bridgehead atoms. The fourth-order valence-electron chi connectivity index (χ4n) is 10.5. The highest BCUT2D eigenvalue weighted by atomic mass is 16.3. The van der Waals surface area contributed by atoms with Crippen LogP contribution in [0.4, 0.5) is 0 Å². The zero-order valence-electron chi connectivity index (χ0n) is 99.0. The van der Waals surface area contributed by atoms with E-state index in [2.05, 4.69) is 24.9 Å². The minimum absolute atomic E-state index is 0.00290. The molecule has 0 aliphatic heterocycles. The van der Waals surface area contributed by atoms with E-state index in [4.69, 9.17) is 54.8 Å². The van der Waals surface area contributed by atoms with E-state index in [0.717, 1.165) is 32.0 Å². The lowest BCUT2D eigenvalue weighted by Crippen LogP contribution is -2.39. The number of rotatable bonds is 25. The van der Waals surface area contributed by atoms with Gasteiger partial charge in [0, 0.05) is 154 Å². The van der Waals surface area contributed by atoms with Crippen LogP contribution in [0.3, 0.4) is 0 Å². The SMILES string of the molecule is [2H]C([2H])([2H])[C@H](O)C([2H])([2H])CCCn1c(=O)c2c(nc(C)n2C([2H])([2H])[2H])n(C)c1=O.[2H]C([2H])([2H])[C@H](O)C([2H])([2H])CCCn1c(=O)c2c(nc(C)n2C)n(C)c1=O.[2H]C([2H])([2H])[C@]([2H])(O)C([2H])([2H])CCCn1c(=O)c2c(nc(C)n2C)n(C)c1=O.[2H]C([2H])([2H])n1c(C)nc2c1c(=O)n(CCCC([2H])([2H])[C@@]([2H])(O)C([2H])([2H])[2H])c(=O)n2C.[2H]C([2H])([2H])n1c(C)nc2c1c(=O)n(CCCC([2H])([2H])[C@@]([2H])(O)C([2H])([2H])[2H])c(=O)n2C([2H])([2H])[2H]. The Kier molecular flexibility index (Phi) is 15.0. The predicted molar refractivity (Wildman–Crippen MR) is 402 cm³/mol. The smallest absolute Gasteiger partial charge is 0.332 e. The van der Waals surface area contributed by atoms with E-state index in [0.29, 0.717) is 25.4 Å². The lowest BCUT2D eigenvalue weighted by atomic mass is 10.2. The average molecular weight is 1510 g/mol. The fourth-order valence-corrected chi connectivity index (χ4v) is 10.5. The van der Waals surface area contributed by atoms with E-state index in [1.165, 1.54) is 58.1 Å². The van der Waals surface area contributed by atoms with Gasteiger partial charge in [-0.2, -0.15) is 0 Å². The first-order valence-electron chi connectivity index (χ1n) is 51.8. The summed E-state index contributed by atoms with van der Waals surface area (Å²) < 4.78 is 312. The van der Waals surface area contributed by atoms with Crippen LogP contribution < -0.4 is 56.2 Å². The molecule has 0 aliphatic carbocycles. The molecule has 105 heavy (non-hydrogen) atoms. The quantitative estimate of drug-likeness (QED) is 0.0541. The topological polar surface area (TPSA) is 410 Å². The predicted octanol–water partition coefficient (Wildman–Crippen LogP) is 1.47. The maximum absolute atomic E-state index is 13.0. The Balaban J connectivity index is 0.000000278. The van der Waals surface area contributed by atoms with Gasteiger partial charge in [-0.25, -0.2) is 48.9 Å². The maximum atomic E-state index is 13.0. The number of fused-ring (bicyclic) bond motifs is 5. The molecule has 0 fully saturated rings. The lowest BCUT2D eigenvalue weighted by Gasteiger charge is -2.09. The van der Waals surface area contributed by atoms with E-state index in [1.807, 2.05) is 0 Å². The molecule has 580 valence electrons. The molecular formula is C70H110N20O15. The number of aliphatic hydroxyl groups excluding tert-OH is 2. The molecule has 35 nitrogen and oxygen atoms in total. The van der Waals surface area contributed by atoms with Gasteiger partial charge in [-0.3, -0.25) is 69.6 Å². The van der Waals surface area contributed by atoms with Gasteiger partial charge in [-0.15, -0.1) is 0 Å². The summed E-state index contributed by atoms with van der Waals surface area (Å²) in [4.78, 5) is 147. The molecule has 10 aromatic rings. The number of hydrogen-bond acceptors (Lipinski definition) is 20. The van der Waals surface area contributed by atoms with Crippen LogP contribution in [0.25, 0.3) is 55.8 Å². The van der Waals surface area contributed by atoms with Gasteiger partial charge in [0.25, 0.3) is 27.8 Å². The van der Waals surface area contributed by atoms with Crippen molar-refractivity contribution in [3.8, 4) is 0 Å². The molecule has 0 aromatic carbocycles. The van der Waals surface area contributed by atoms with Gasteiger partial charge >= 0.3 is 28.4 Å². The van der Waals surface area contributed by atoms with Crippen molar-refractivity contribution < 1.29 is 80.4 Å². The maximum Gasteiger partial charge on any atom is 0.332 e. The molecule has 0 saturated carbocycles. The highest BCUT2D eigenvalue weighted by molar-refractivity contribution is 5.73. The molecule has 0 aliphatic rings. The van der Waals surface area contributed by atoms with E-state index in [9.17, 15) is 73.5 Å². The van der Waals surface area contributed by atoms with Gasteiger partial charge in [0.15, 0.2) is 55.8 Å². The third-order valence-electron chi connectivity index (χ3n) is 16.2. The summed E-state index contributed by atoms with van der Waals surface area (Å²) in [6.07, 6.45) is -31.7. The minimum atomic E-state index is -3.50. The molecule has 0 spiro atoms. The summed E-state index contributed by atoms with van der Waals surface area (Å²) in [6.45, 7) is -21.5. The van der Waals surface area contributed by atoms with Crippen LogP contribution in [0.1, 0.15) is 214 Å². The Morgan fingerprint density at radius 3 is 0.714 bits per heavy atom. The minimum Gasteiger partial charge on any atom is -0.393 e. The van der Waals surface area contributed by atoms with Crippen LogP contribution in [0, 0.1) is 34.6 Å². The van der Waals surface area contributed by atoms with Gasteiger partial charge in [0.2, 0.25) is 0 Å². The van der Waals surface area contributed by atoms with Gasteiger partial charge in [-0.1, -0.05) is 0 Å². The zero-order valence-corrected chi connectivity index (χ0v) is 59.0. The number of nitrogens with zero attached hydrogens (tertiary/aromatic N) is 20. The molecule has 5 N–H and O–H groups in total. The Labute approximate surface area is 661 Å². The number of hydrogen-bond donors (Lipinski definition) is 5. The Hall–Kier alpha value is -9.45. The summed E-state index contributed by atoms with van der Waals surface area (Å²) in [5.41, 5.74) is -9.48. The van der Waals surface area contributed by atoms with E-state index >= 15 is 0 Å². The molecular weight excluding hydrogens is 1360 g/mol. The van der Waals surface area contributed by atoms with Gasteiger partial charge < -0.3 is 48.4 Å². The van der Waals surface area contributed by atoms with Crippen molar-refractivity contribution in [2.24, 2.45) is 70.2 Å². The highest BCUT2D eigenvalue weighted by Crippen LogP contribution is 2.15. The summed E-state index contributed by atoms with van der Waals surface area (Å²) in [5.74, 6) is 0.903. The summed E-state index contributed by atoms with van der Waals surface area (Å²) >= 11 is 0. The summed E-state index contributed by atoms with van der Waals surface area (Å²) in [6, 6.07) is 0. The first kappa shape index (κ1) is 43.2. The van der Waals surface area contributed by atoms with Crippen molar-refractivity contribution in [2.45, 2.75) is 228 Å². The molecule has 0 saturated heterocycles. The average Bonchev–Trinajstić information content (AvgIpc) is 1.59. The first-order valence-corrected chi connectivity index (χ1v) is 31.8. The largest absolute Gasteiger partial charge is 0.393 e. The second-order valence-corrected chi connectivity index (χ2v) is 23.4. The number of aromatic nitrogens is 20. The monoisotopic (exact) mass is 1510 g/mol. The highest BCUT2D eigenvalue weighted by Gasteiger charge is 2.22. The fraction of sp³-hybridized carbons (Fsp3) is 0.643. The molecule has 0 amide bonds. The van der Waals surface area contributed by atoms with Crippen LogP contribution >= 0.6 is 0 Å². The van der Waals surface area contributed by atoms with Gasteiger partial charge in [-0.05, 0) is 165 Å². The van der Waals surface area contributed by atoms with Crippen LogP contribution in [-0.4, -0.2) is 149 Å². The van der Waals surface area contributed by atoms with Gasteiger partial charge in [0.05, 0.1) is 34.6 Å². The lowest BCUT2D eigenvalue weighted by molar-refractivity contribution is 0.179. The third kappa shape index (κ3) is 19.2. The molecule has 0 radical (unpaired) electrons. The van der Waals surface area contributed by atoms with Crippen molar-refractivity contribution in [1.82, 2.24) is 93.4 Å². The Morgan fingerprint density at radius 1 is 0.295 bits per heavy atom. The van der Waals surface area contributed by atoms with Crippen LogP contribution in [0.5, 0.6) is 0 Å². The van der Waals surface area contributed by atoms with E-state index < -0.39 is 231 Å². The van der Waals surface area contributed by atoms with Crippen molar-refractivity contribution in [1.29, 1.82) is 0 Å². The normalized spacial score (nSPS) is 21.3. The number of aliphatic hydroxyl groups is 5. The molecule has 5 atom stereocenters. The van der Waals surface area contributed by atoms with Crippen molar-refractivity contribution in [2.75, 3.05) is 0 Å².